The zero-order valence-electron chi connectivity index (χ0n) is 9.65. The highest BCUT2D eigenvalue weighted by atomic mass is 16.7. The lowest BCUT2D eigenvalue weighted by molar-refractivity contribution is 0.169. The fourth-order valence-corrected chi connectivity index (χ4v) is 2.14. The maximum Gasteiger partial charge on any atom is 0.231 e. The molecule has 0 aliphatic carbocycles. The van der Waals surface area contributed by atoms with Crippen molar-refractivity contribution in [2.45, 2.75) is 0 Å². The van der Waals surface area contributed by atoms with Crippen LogP contribution in [-0.2, 0) is 0 Å². The summed E-state index contributed by atoms with van der Waals surface area (Å²) in [6.07, 6.45) is 0. The summed E-state index contributed by atoms with van der Waals surface area (Å²) in [4.78, 5) is 0. The lowest BCUT2D eigenvalue weighted by atomic mass is 10.1. The molecule has 0 saturated carbocycles. The molecule has 4 heteroatoms. The minimum atomic E-state index is 0.193. The van der Waals surface area contributed by atoms with Gasteiger partial charge in [0, 0.05) is 10.8 Å². The third-order valence-corrected chi connectivity index (χ3v) is 2.85. The number of hydrogen-bond acceptors (Lipinski definition) is 4. The third-order valence-electron chi connectivity index (χ3n) is 2.85. The van der Waals surface area contributed by atoms with Gasteiger partial charge in [-0.1, -0.05) is 24.3 Å². The molecule has 0 saturated heterocycles. The van der Waals surface area contributed by atoms with Crippen LogP contribution in [0.5, 0.6) is 23.0 Å². The normalized spacial score (nSPS) is 12.8. The number of fused-ring (bicyclic) bond motifs is 2. The fourth-order valence-electron chi connectivity index (χ4n) is 2.14. The van der Waals surface area contributed by atoms with Crippen LogP contribution >= 0.6 is 0 Å². The van der Waals surface area contributed by atoms with Gasteiger partial charge in [-0.3, -0.25) is 0 Å². The van der Waals surface area contributed by atoms with Gasteiger partial charge in [0.2, 0.25) is 18.3 Å². The van der Waals surface area contributed by atoms with E-state index in [0.29, 0.717) is 23.0 Å². The van der Waals surface area contributed by atoms with E-state index in [-0.39, 0.29) is 6.79 Å². The molecule has 1 heterocycles. The van der Waals surface area contributed by atoms with Crippen molar-refractivity contribution in [3.05, 3.63) is 24.3 Å². The van der Waals surface area contributed by atoms with Gasteiger partial charge in [-0.2, -0.15) is 0 Å². The van der Waals surface area contributed by atoms with Crippen LogP contribution in [-0.4, -0.2) is 21.0 Å². The molecule has 0 radical (unpaired) electrons. The number of rotatable bonds is 2. The van der Waals surface area contributed by atoms with Crippen molar-refractivity contribution in [1.82, 2.24) is 0 Å². The van der Waals surface area contributed by atoms with Crippen LogP contribution < -0.4 is 18.9 Å². The summed E-state index contributed by atoms with van der Waals surface area (Å²) in [6, 6.07) is 7.84. The van der Waals surface area contributed by atoms with Crippen molar-refractivity contribution in [2.75, 3.05) is 21.0 Å². The molecule has 0 N–H and O–H groups in total. The van der Waals surface area contributed by atoms with E-state index in [9.17, 15) is 0 Å². The van der Waals surface area contributed by atoms with Crippen LogP contribution in [0.1, 0.15) is 0 Å². The summed E-state index contributed by atoms with van der Waals surface area (Å²) < 4.78 is 21.7. The van der Waals surface area contributed by atoms with Crippen LogP contribution in [0.25, 0.3) is 10.8 Å². The van der Waals surface area contributed by atoms with Gasteiger partial charge in [-0.25, -0.2) is 0 Å². The molecule has 1 aliphatic rings. The zero-order valence-corrected chi connectivity index (χ0v) is 9.65. The molecule has 2 aromatic rings. The average molecular weight is 232 g/mol. The first-order valence-corrected chi connectivity index (χ1v) is 5.29. The molecule has 4 nitrogen and oxygen atoms in total. The van der Waals surface area contributed by atoms with Gasteiger partial charge in [0.05, 0.1) is 14.2 Å². The quantitative estimate of drug-likeness (QED) is 0.797. The Morgan fingerprint density at radius 2 is 1.35 bits per heavy atom. The molecule has 88 valence electrons. The zero-order chi connectivity index (χ0) is 11.8. The maximum absolute atomic E-state index is 5.44. The van der Waals surface area contributed by atoms with E-state index in [2.05, 4.69) is 0 Å². The molecule has 0 fully saturated rings. The summed E-state index contributed by atoms with van der Waals surface area (Å²) >= 11 is 0. The summed E-state index contributed by atoms with van der Waals surface area (Å²) in [5.41, 5.74) is 0. The maximum atomic E-state index is 5.44. The van der Waals surface area contributed by atoms with E-state index in [1.54, 1.807) is 14.2 Å². The molecule has 0 bridgehead atoms. The average Bonchev–Trinajstić information content (AvgIpc) is 2.84. The molecular formula is C13H12O4. The second-order valence-corrected chi connectivity index (χ2v) is 3.68. The number of benzene rings is 2. The van der Waals surface area contributed by atoms with E-state index in [0.717, 1.165) is 10.8 Å². The van der Waals surface area contributed by atoms with Crippen molar-refractivity contribution in [3.8, 4) is 23.0 Å². The third kappa shape index (κ3) is 1.30. The highest BCUT2D eigenvalue weighted by molar-refractivity contribution is 5.98. The Labute approximate surface area is 98.7 Å². The second-order valence-electron chi connectivity index (χ2n) is 3.68. The van der Waals surface area contributed by atoms with Gasteiger partial charge < -0.3 is 18.9 Å². The molecular weight excluding hydrogens is 220 g/mol. The minimum Gasteiger partial charge on any atom is -0.492 e. The summed E-state index contributed by atoms with van der Waals surface area (Å²) in [5.74, 6) is 2.61. The first-order valence-electron chi connectivity index (χ1n) is 5.29. The van der Waals surface area contributed by atoms with E-state index in [1.165, 1.54) is 0 Å². The highest BCUT2D eigenvalue weighted by Gasteiger charge is 2.27. The number of methoxy groups -OCH3 is 2. The Hall–Kier alpha value is -2.10. The molecule has 3 rings (SSSR count). The van der Waals surface area contributed by atoms with E-state index in [1.807, 2.05) is 24.3 Å². The van der Waals surface area contributed by atoms with Gasteiger partial charge in [0.25, 0.3) is 0 Å². The Balaban J connectivity index is 2.46. The second kappa shape index (κ2) is 3.73. The van der Waals surface area contributed by atoms with Gasteiger partial charge in [-0.15, -0.1) is 0 Å². The molecule has 1 aliphatic heterocycles. The van der Waals surface area contributed by atoms with Gasteiger partial charge in [0.15, 0.2) is 11.5 Å². The molecule has 0 atom stereocenters. The van der Waals surface area contributed by atoms with Gasteiger partial charge in [0.1, 0.15) is 0 Å². The number of ether oxygens (including phenoxy) is 4. The monoisotopic (exact) mass is 232 g/mol. The van der Waals surface area contributed by atoms with Crippen molar-refractivity contribution >= 4 is 10.8 Å². The van der Waals surface area contributed by atoms with Crippen molar-refractivity contribution < 1.29 is 18.9 Å². The Bertz CT molecular complexity index is 527. The van der Waals surface area contributed by atoms with Crippen LogP contribution in [0.15, 0.2) is 24.3 Å². The topological polar surface area (TPSA) is 36.9 Å². The van der Waals surface area contributed by atoms with E-state index < -0.39 is 0 Å². The first kappa shape index (κ1) is 10.1. The Kier molecular flexibility index (Phi) is 2.21. The summed E-state index contributed by atoms with van der Waals surface area (Å²) in [5, 5.41) is 1.91. The minimum absolute atomic E-state index is 0.193. The van der Waals surface area contributed by atoms with Crippen molar-refractivity contribution in [1.29, 1.82) is 0 Å². The summed E-state index contributed by atoms with van der Waals surface area (Å²) in [7, 11) is 3.24. The van der Waals surface area contributed by atoms with Crippen LogP contribution in [0.2, 0.25) is 0 Å². The summed E-state index contributed by atoms with van der Waals surface area (Å²) in [6.45, 7) is 0.193. The first-order chi connectivity index (χ1) is 8.36. The van der Waals surface area contributed by atoms with E-state index in [4.69, 9.17) is 18.9 Å². The Morgan fingerprint density at radius 3 is 1.76 bits per heavy atom. The SMILES string of the molecule is COc1c2c(c(OC)c3ccccc13)OCO2. The molecule has 2 aromatic carbocycles. The lowest BCUT2D eigenvalue weighted by Crippen LogP contribution is -1.94. The molecule has 0 amide bonds. The number of hydrogen-bond donors (Lipinski definition) is 0. The van der Waals surface area contributed by atoms with Crippen LogP contribution in [0.4, 0.5) is 0 Å². The molecule has 0 spiro atoms. The van der Waals surface area contributed by atoms with Crippen LogP contribution in [0.3, 0.4) is 0 Å². The lowest BCUT2D eigenvalue weighted by Gasteiger charge is -2.13. The Morgan fingerprint density at radius 1 is 0.882 bits per heavy atom. The van der Waals surface area contributed by atoms with E-state index >= 15 is 0 Å². The smallest absolute Gasteiger partial charge is 0.231 e. The standard InChI is InChI=1S/C13H12O4/c1-14-10-8-5-3-4-6-9(8)11(15-2)13-12(10)16-7-17-13/h3-6H,7H2,1-2H3. The van der Waals surface area contributed by atoms with Crippen LogP contribution in [0, 0.1) is 0 Å². The molecule has 17 heavy (non-hydrogen) atoms. The predicted molar refractivity (Wildman–Crippen MR) is 63.2 cm³/mol. The molecule has 0 aromatic heterocycles. The fraction of sp³-hybridized carbons (Fsp3) is 0.231. The van der Waals surface area contributed by atoms with Gasteiger partial charge in [-0.05, 0) is 0 Å². The molecule has 0 unspecified atom stereocenters. The van der Waals surface area contributed by atoms with Crippen molar-refractivity contribution in [2.24, 2.45) is 0 Å². The van der Waals surface area contributed by atoms with Gasteiger partial charge >= 0.3 is 0 Å². The van der Waals surface area contributed by atoms with Crippen molar-refractivity contribution in [3.63, 3.8) is 0 Å². The highest BCUT2D eigenvalue weighted by Crippen LogP contribution is 2.52. The largest absolute Gasteiger partial charge is 0.492 e. The predicted octanol–water partition coefficient (Wildman–Crippen LogP) is 2.59.